The average molecular weight is 395 g/mol. The molecule has 1 amide bonds. The van der Waals surface area contributed by atoms with Crippen LogP contribution in [0.3, 0.4) is 0 Å². The number of anilines is 1. The summed E-state index contributed by atoms with van der Waals surface area (Å²) in [5, 5.41) is 4.17. The Labute approximate surface area is 170 Å². The second-order valence-corrected chi connectivity index (χ2v) is 8.27. The molecule has 0 radical (unpaired) electrons. The fourth-order valence-corrected chi connectivity index (χ4v) is 4.66. The van der Waals surface area contributed by atoms with Gasteiger partial charge in [-0.15, -0.1) is 0 Å². The van der Waals surface area contributed by atoms with E-state index in [-0.39, 0.29) is 5.91 Å². The molecule has 4 rings (SSSR count). The van der Waals surface area contributed by atoms with Crippen molar-refractivity contribution in [1.82, 2.24) is 15.2 Å². The van der Waals surface area contributed by atoms with Crippen molar-refractivity contribution in [2.45, 2.75) is 13.3 Å². The largest absolute Gasteiger partial charge is 0.355 e. The predicted molar refractivity (Wildman–Crippen MR) is 116 cm³/mol. The normalized spacial score (nSPS) is 15.1. The van der Waals surface area contributed by atoms with Crippen molar-refractivity contribution in [2.24, 2.45) is 0 Å². The number of carbonyl (C=O) groups is 1. The Kier molecular flexibility index (Phi) is 5.88. The van der Waals surface area contributed by atoms with E-state index in [1.54, 1.807) is 11.3 Å². The second-order valence-electron chi connectivity index (χ2n) is 7.26. The van der Waals surface area contributed by atoms with E-state index in [9.17, 15) is 4.79 Å². The number of carbonyl (C=O) groups excluding carboxylic acids is 1. The van der Waals surface area contributed by atoms with E-state index in [1.165, 1.54) is 10.3 Å². The molecular formula is C22H26N4OS. The van der Waals surface area contributed by atoms with Gasteiger partial charge in [0.15, 0.2) is 5.13 Å². The SMILES string of the molecule is Cc1cccc2sc(N3CCN(CCNC(=O)Cc4ccccc4)CC3)nc12. The topological polar surface area (TPSA) is 48.5 Å². The van der Waals surface area contributed by atoms with E-state index in [0.717, 1.165) is 48.9 Å². The zero-order chi connectivity index (χ0) is 19.3. The standard InChI is InChI=1S/C22H26N4OS/c1-17-6-5-9-19-21(17)24-22(28-19)26-14-12-25(13-15-26)11-10-23-20(27)16-18-7-3-2-4-8-18/h2-9H,10-16H2,1H3,(H,23,27). The van der Waals surface area contributed by atoms with Crippen LogP contribution in [-0.2, 0) is 11.2 Å². The number of nitrogens with zero attached hydrogens (tertiary/aromatic N) is 3. The monoisotopic (exact) mass is 394 g/mol. The van der Waals surface area contributed by atoms with Crippen LogP contribution >= 0.6 is 11.3 Å². The minimum Gasteiger partial charge on any atom is -0.355 e. The molecule has 1 aromatic heterocycles. The van der Waals surface area contributed by atoms with Gasteiger partial charge in [-0.25, -0.2) is 4.98 Å². The Morgan fingerprint density at radius 3 is 2.61 bits per heavy atom. The molecule has 28 heavy (non-hydrogen) atoms. The number of nitrogens with one attached hydrogen (secondary N) is 1. The van der Waals surface area contributed by atoms with Gasteiger partial charge in [-0.1, -0.05) is 53.8 Å². The van der Waals surface area contributed by atoms with Gasteiger partial charge in [0.1, 0.15) is 0 Å². The van der Waals surface area contributed by atoms with Gasteiger partial charge in [0.2, 0.25) is 5.91 Å². The fourth-order valence-electron chi connectivity index (χ4n) is 3.57. The van der Waals surface area contributed by atoms with Crippen molar-refractivity contribution >= 4 is 32.6 Å². The van der Waals surface area contributed by atoms with Crippen LogP contribution in [0.15, 0.2) is 48.5 Å². The van der Waals surface area contributed by atoms with Crippen molar-refractivity contribution in [1.29, 1.82) is 0 Å². The van der Waals surface area contributed by atoms with Gasteiger partial charge in [-0.2, -0.15) is 0 Å². The first-order chi connectivity index (χ1) is 13.7. The lowest BCUT2D eigenvalue weighted by atomic mass is 10.1. The number of aryl methyl sites for hydroxylation is 1. The molecule has 1 saturated heterocycles. The summed E-state index contributed by atoms with van der Waals surface area (Å²) in [5.41, 5.74) is 3.43. The van der Waals surface area contributed by atoms with Gasteiger partial charge in [0, 0.05) is 39.3 Å². The summed E-state index contributed by atoms with van der Waals surface area (Å²) >= 11 is 1.78. The summed E-state index contributed by atoms with van der Waals surface area (Å²) in [5.74, 6) is 0.0923. The van der Waals surface area contributed by atoms with Gasteiger partial charge in [-0.3, -0.25) is 9.69 Å². The van der Waals surface area contributed by atoms with Crippen LogP contribution < -0.4 is 10.2 Å². The van der Waals surface area contributed by atoms with Crippen LogP contribution in [0.2, 0.25) is 0 Å². The lowest BCUT2D eigenvalue weighted by molar-refractivity contribution is -0.120. The Morgan fingerprint density at radius 2 is 1.86 bits per heavy atom. The number of thiazole rings is 1. The van der Waals surface area contributed by atoms with E-state index in [1.807, 2.05) is 30.3 Å². The Hall–Kier alpha value is -2.44. The molecule has 1 aliphatic heterocycles. The summed E-state index contributed by atoms with van der Waals surface area (Å²) in [6.07, 6.45) is 0.450. The molecule has 0 atom stereocenters. The molecule has 5 nitrogen and oxygen atoms in total. The van der Waals surface area contributed by atoms with E-state index < -0.39 is 0 Å². The minimum absolute atomic E-state index is 0.0923. The Balaban J connectivity index is 1.22. The van der Waals surface area contributed by atoms with Crippen molar-refractivity contribution in [3.63, 3.8) is 0 Å². The summed E-state index contributed by atoms with van der Waals surface area (Å²) in [7, 11) is 0. The highest BCUT2D eigenvalue weighted by Gasteiger charge is 2.20. The maximum absolute atomic E-state index is 12.1. The molecule has 0 bridgehead atoms. The molecule has 0 aliphatic carbocycles. The molecular weight excluding hydrogens is 368 g/mol. The first-order valence-electron chi connectivity index (χ1n) is 9.83. The molecule has 0 spiro atoms. The third-order valence-electron chi connectivity index (χ3n) is 5.21. The Bertz CT molecular complexity index is 932. The molecule has 0 saturated carbocycles. The summed E-state index contributed by atoms with van der Waals surface area (Å²) in [4.78, 5) is 21.7. The third kappa shape index (κ3) is 4.51. The highest BCUT2D eigenvalue weighted by Crippen LogP contribution is 2.30. The number of amides is 1. The summed E-state index contributed by atoms with van der Waals surface area (Å²) < 4.78 is 1.26. The van der Waals surface area contributed by atoms with E-state index in [0.29, 0.717) is 13.0 Å². The molecule has 1 fully saturated rings. The first kappa shape index (κ1) is 18.9. The highest BCUT2D eigenvalue weighted by atomic mass is 32.1. The highest BCUT2D eigenvalue weighted by molar-refractivity contribution is 7.22. The third-order valence-corrected chi connectivity index (χ3v) is 6.29. The van der Waals surface area contributed by atoms with Gasteiger partial charge < -0.3 is 10.2 Å². The lowest BCUT2D eigenvalue weighted by Gasteiger charge is -2.34. The maximum Gasteiger partial charge on any atom is 0.224 e. The summed E-state index contributed by atoms with van der Waals surface area (Å²) in [6, 6.07) is 16.3. The number of para-hydroxylation sites is 1. The second kappa shape index (κ2) is 8.71. The van der Waals surface area contributed by atoms with Crippen molar-refractivity contribution < 1.29 is 4.79 Å². The minimum atomic E-state index is 0.0923. The number of piperazine rings is 1. The number of rotatable bonds is 6. The lowest BCUT2D eigenvalue weighted by Crippen LogP contribution is -2.48. The molecule has 1 N–H and O–H groups in total. The molecule has 2 aromatic carbocycles. The predicted octanol–water partition coefficient (Wildman–Crippen LogP) is 3.09. The molecule has 6 heteroatoms. The zero-order valence-electron chi connectivity index (χ0n) is 16.2. The smallest absolute Gasteiger partial charge is 0.224 e. The molecule has 2 heterocycles. The fraction of sp³-hybridized carbons (Fsp3) is 0.364. The molecule has 3 aromatic rings. The van der Waals surface area contributed by atoms with Crippen LogP contribution in [0.5, 0.6) is 0 Å². The van der Waals surface area contributed by atoms with Gasteiger partial charge in [0.05, 0.1) is 16.6 Å². The van der Waals surface area contributed by atoms with Crippen LogP contribution in [0.25, 0.3) is 10.2 Å². The van der Waals surface area contributed by atoms with Gasteiger partial charge in [0.25, 0.3) is 0 Å². The van der Waals surface area contributed by atoms with Crippen LogP contribution in [0.1, 0.15) is 11.1 Å². The van der Waals surface area contributed by atoms with E-state index in [2.05, 4.69) is 40.2 Å². The van der Waals surface area contributed by atoms with Crippen LogP contribution in [0, 0.1) is 6.92 Å². The van der Waals surface area contributed by atoms with Crippen LogP contribution in [-0.4, -0.2) is 55.1 Å². The molecule has 0 unspecified atom stereocenters. The average Bonchev–Trinajstić information content (AvgIpc) is 3.15. The summed E-state index contributed by atoms with van der Waals surface area (Å²) in [6.45, 7) is 7.69. The zero-order valence-corrected chi connectivity index (χ0v) is 17.0. The molecule has 1 aliphatic rings. The molecule has 146 valence electrons. The first-order valence-corrected chi connectivity index (χ1v) is 10.6. The number of fused-ring (bicyclic) bond motifs is 1. The van der Waals surface area contributed by atoms with Crippen molar-refractivity contribution in [3.8, 4) is 0 Å². The van der Waals surface area contributed by atoms with Gasteiger partial charge in [-0.05, 0) is 24.1 Å². The quantitative estimate of drug-likeness (QED) is 0.698. The maximum atomic E-state index is 12.1. The van der Waals surface area contributed by atoms with Crippen molar-refractivity contribution in [3.05, 3.63) is 59.7 Å². The number of aromatic nitrogens is 1. The van der Waals surface area contributed by atoms with E-state index in [4.69, 9.17) is 4.98 Å². The van der Waals surface area contributed by atoms with Crippen molar-refractivity contribution in [2.75, 3.05) is 44.2 Å². The Morgan fingerprint density at radius 1 is 1.07 bits per heavy atom. The van der Waals surface area contributed by atoms with Gasteiger partial charge >= 0.3 is 0 Å². The van der Waals surface area contributed by atoms with E-state index >= 15 is 0 Å². The number of hydrogen-bond donors (Lipinski definition) is 1. The number of benzene rings is 2. The number of hydrogen-bond acceptors (Lipinski definition) is 5. The van der Waals surface area contributed by atoms with Crippen LogP contribution in [0.4, 0.5) is 5.13 Å².